The molecule has 0 radical (unpaired) electrons. The van der Waals surface area contributed by atoms with Gasteiger partial charge in [0.2, 0.25) is 5.91 Å². The number of methoxy groups -OCH3 is 1. The Morgan fingerprint density at radius 3 is 3.00 bits per heavy atom. The summed E-state index contributed by atoms with van der Waals surface area (Å²) in [5.74, 6) is 1.06. The van der Waals surface area contributed by atoms with Gasteiger partial charge in [0.25, 0.3) is 0 Å². The molecule has 1 heterocycles. The predicted octanol–water partition coefficient (Wildman–Crippen LogP) is 1.06. The Balaban J connectivity index is 1.79. The van der Waals surface area contributed by atoms with Crippen molar-refractivity contribution in [2.45, 2.75) is 25.4 Å². The van der Waals surface area contributed by atoms with Crippen molar-refractivity contribution < 1.29 is 9.53 Å². The Hall–Kier alpha value is -1.55. The van der Waals surface area contributed by atoms with Gasteiger partial charge in [0.1, 0.15) is 5.75 Å². The summed E-state index contributed by atoms with van der Waals surface area (Å²) in [6, 6.07) is 8.22. The Morgan fingerprint density at radius 1 is 1.47 bits per heavy atom. The maximum absolute atomic E-state index is 11.0. The van der Waals surface area contributed by atoms with E-state index >= 15 is 0 Å². The summed E-state index contributed by atoms with van der Waals surface area (Å²) in [5, 5.41) is 6.28. The number of para-hydroxylation sites is 1. The number of ether oxygens (including phenoxy) is 1. The first-order valence-corrected chi connectivity index (χ1v) is 5.91. The minimum Gasteiger partial charge on any atom is -0.496 e. The third-order valence-corrected chi connectivity index (χ3v) is 2.98. The average molecular weight is 234 g/mol. The molecule has 1 aliphatic heterocycles. The summed E-state index contributed by atoms with van der Waals surface area (Å²) in [6.07, 6.45) is 1.58. The first-order chi connectivity index (χ1) is 8.29. The summed E-state index contributed by atoms with van der Waals surface area (Å²) in [6.45, 7) is 1.57. The molecule has 1 amide bonds. The first kappa shape index (κ1) is 11.9. The van der Waals surface area contributed by atoms with Crippen LogP contribution in [0.3, 0.4) is 0 Å². The SMILES string of the molecule is COc1ccccc1CNCC1CCC(=O)N1. The van der Waals surface area contributed by atoms with Crippen molar-refractivity contribution in [2.24, 2.45) is 0 Å². The molecule has 1 fully saturated rings. The van der Waals surface area contributed by atoms with E-state index in [2.05, 4.69) is 10.6 Å². The first-order valence-electron chi connectivity index (χ1n) is 5.91. The van der Waals surface area contributed by atoms with Crippen LogP contribution < -0.4 is 15.4 Å². The van der Waals surface area contributed by atoms with Gasteiger partial charge in [-0.05, 0) is 12.5 Å². The number of rotatable bonds is 5. The molecule has 17 heavy (non-hydrogen) atoms. The number of benzene rings is 1. The summed E-state index contributed by atoms with van der Waals surface area (Å²) in [5.41, 5.74) is 1.14. The number of carbonyl (C=O) groups is 1. The van der Waals surface area contributed by atoms with Gasteiger partial charge in [-0.15, -0.1) is 0 Å². The molecule has 1 aromatic rings. The fourth-order valence-corrected chi connectivity index (χ4v) is 2.06. The van der Waals surface area contributed by atoms with Gasteiger partial charge >= 0.3 is 0 Å². The van der Waals surface area contributed by atoms with E-state index in [0.717, 1.165) is 30.8 Å². The third kappa shape index (κ3) is 3.20. The van der Waals surface area contributed by atoms with E-state index in [-0.39, 0.29) is 11.9 Å². The van der Waals surface area contributed by atoms with E-state index in [1.165, 1.54) is 0 Å². The fourth-order valence-electron chi connectivity index (χ4n) is 2.06. The minimum absolute atomic E-state index is 0.161. The number of carbonyl (C=O) groups excluding carboxylic acids is 1. The molecule has 1 saturated heterocycles. The molecule has 2 N–H and O–H groups in total. The fraction of sp³-hybridized carbons (Fsp3) is 0.462. The highest BCUT2D eigenvalue weighted by atomic mass is 16.5. The lowest BCUT2D eigenvalue weighted by molar-refractivity contribution is -0.119. The van der Waals surface area contributed by atoms with Crippen LogP contribution in [0.15, 0.2) is 24.3 Å². The zero-order valence-corrected chi connectivity index (χ0v) is 10.0. The van der Waals surface area contributed by atoms with Gasteiger partial charge in [0.05, 0.1) is 7.11 Å². The molecule has 92 valence electrons. The largest absolute Gasteiger partial charge is 0.496 e. The number of nitrogens with one attached hydrogen (secondary N) is 2. The Bertz CT molecular complexity index is 393. The molecule has 1 aromatic carbocycles. The van der Waals surface area contributed by atoms with Crippen molar-refractivity contribution in [3.63, 3.8) is 0 Å². The van der Waals surface area contributed by atoms with Crippen LogP contribution in [0, 0.1) is 0 Å². The molecule has 0 bridgehead atoms. The molecule has 0 aliphatic carbocycles. The summed E-state index contributed by atoms with van der Waals surface area (Å²) >= 11 is 0. The van der Waals surface area contributed by atoms with Crippen LogP contribution >= 0.6 is 0 Å². The Labute approximate surface area is 101 Å². The van der Waals surface area contributed by atoms with Crippen LogP contribution in [0.25, 0.3) is 0 Å². The second-order valence-corrected chi connectivity index (χ2v) is 4.25. The maximum Gasteiger partial charge on any atom is 0.220 e. The molecule has 0 aromatic heterocycles. The Morgan fingerprint density at radius 2 is 2.29 bits per heavy atom. The van der Waals surface area contributed by atoms with E-state index in [0.29, 0.717) is 6.42 Å². The van der Waals surface area contributed by atoms with Crippen molar-refractivity contribution in [2.75, 3.05) is 13.7 Å². The second-order valence-electron chi connectivity index (χ2n) is 4.25. The van der Waals surface area contributed by atoms with Crippen LogP contribution in [0.1, 0.15) is 18.4 Å². The zero-order chi connectivity index (χ0) is 12.1. The van der Waals surface area contributed by atoms with Gasteiger partial charge in [-0.2, -0.15) is 0 Å². The lowest BCUT2D eigenvalue weighted by Crippen LogP contribution is -2.35. The van der Waals surface area contributed by atoms with Crippen LogP contribution in [0.5, 0.6) is 5.75 Å². The highest BCUT2D eigenvalue weighted by molar-refractivity contribution is 5.78. The van der Waals surface area contributed by atoms with Crippen molar-refractivity contribution in [3.8, 4) is 5.75 Å². The van der Waals surface area contributed by atoms with Crippen LogP contribution in [-0.2, 0) is 11.3 Å². The lowest BCUT2D eigenvalue weighted by Gasteiger charge is -2.13. The van der Waals surface area contributed by atoms with Gasteiger partial charge in [0, 0.05) is 31.1 Å². The van der Waals surface area contributed by atoms with Crippen LogP contribution in [-0.4, -0.2) is 25.6 Å². The third-order valence-electron chi connectivity index (χ3n) is 2.98. The van der Waals surface area contributed by atoms with E-state index in [1.54, 1.807) is 7.11 Å². The maximum atomic E-state index is 11.0. The predicted molar refractivity (Wildman–Crippen MR) is 65.9 cm³/mol. The average Bonchev–Trinajstić information content (AvgIpc) is 2.76. The van der Waals surface area contributed by atoms with E-state index in [9.17, 15) is 4.79 Å². The molecular weight excluding hydrogens is 216 g/mol. The van der Waals surface area contributed by atoms with Gasteiger partial charge < -0.3 is 15.4 Å². The van der Waals surface area contributed by atoms with E-state index in [1.807, 2.05) is 24.3 Å². The molecule has 1 atom stereocenters. The molecule has 0 saturated carbocycles. The molecular formula is C13H18N2O2. The van der Waals surface area contributed by atoms with Gasteiger partial charge in [-0.25, -0.2) is 0 Å². The molecule has 1 aliphatic rings. The normalized spacial score (nSPS) is 19.1. The second kappa shape index (κ2) is 5.68. The molecule has 4 nitrogen and oxygen atoms in total. The van der Waals surface area contributed by atoms with Crippen LogP contribution in [0.2, 0.25) is 0 Å². The van der Waals surface area contributed by atoms with Crippen molar-refractivity contribution in [3.05, 3.63) is 29.8 Å². The van der Waals surface area contributed by atoms with Crippen molar-refractivity contribution in [1.82, 2.24) is 10.6 Å². The highest BCUT2D eigenvalue weighted by Crippen LogP contribution is 2.16. The standard InChI is InChI=1S/C13H18N2O2/c1-17-12-5-3-2-4-10(12)8-14-9-11-6-7-13(16)15-11/h2-5,11,14H,6-9H2,1H3,(H,15,16). The molecule has 4 heteroatoms. The number of hydrogen-bond donors (Lipinski definition) is 2. The molecule has 0 spiro atoms. The molecule has 2 rings (SSSR count). The molecule has 1 unspecified atom stereocenters. The van der Waals surface area contributed by atoms with Crippen molar-refractivity contribution >= 4 is 5.91 Å². The number of hydrogen-bond acceptors (Lipinski definition) is 3. The topological polar surface area (TPSA) is 50.4 Å². The van der Waals surface area contributed by atoms with E-state index in [4.69, 9.17) is 4.74 Å². The van der Waals surface area contributed by atoms with Gasteiger partial charge in [-0.3, -0.25) is 4.79 Å². The lowest BCUT2D eigenvalue weighted by atomic mass is 10.2. The van der Waals surface area contributed by atoms with E-state index < -0.39 is 0 Å². The summed E-state index contributed by atoms with van der Waals surface area (Å²) < 4.78 is 5.28. The van der Waals surface area contributed by atoms with Crippen LogP contribution in [0.4, 0.5) is 0 Å². The Kier molecular flexibility index (Phi) is 3.98. The van der Waals surface area contributed by atoms with Gasteiger partial charge in [-0.1, -0.05) is 18.2 Å². The zero-order valence-electron chi connectivity index (χ0n) is 10.0. The van der Waals surface area contributed by atoms with Gasteiger partial charge in [0.15, 0.2) is 0 Å². The summed E-state index contributed by atoms with van der Waals surface area (Å²) in [4.78, 5) is 11.0. The van der Waals surface area contributed by atoms with Crippen molar-refractivity contribution in [1.29, 1.82) is 0 Å². The quantitative estimate of drug-likeness (QED) is 0.801. The monoisotopic (exact) mass is 234 g/mol. The highest BCUT2D eigenvalue weighted by Gasteiger charge is 2.19. The smallest absolute Gasteiger partial charge is 0.220 e. The number of amides is 1. The minimum atomic E-state index is 0.161. The summed E-state index contributed by atoms with van der Waals surface area (Å²) in [7, 11) is 1.68.